The van der Waals surface area contributed by atoms with E-state index < -0.39 is 67.4 Å². The highest BCUT2D eigenvalue weighted by atomic mass is 16.8. The van der Waals surface area contributed by atoms with Gasteiger partial charge >= 0.3 is 5.97 Å². The third-order valence-corrected chi connectivity index (χ3v) is 12.0. The van der Waals surface area contributed by atoms with Crippen molar-refractivity contribution in [3.05, 3.63) is 226 Å². The highest BCUT2D eigenvalue weighted by molar-refractivity contribution is 5.89. The van der Waals surface area contributed by atoms with Gasteiger partial charge in [-0.1, -0.05) is 175 Å². The van der Waals surface area contributed by atoms with Gasteiger partial charge in [-0.05, 0) is 45.5 Å². The summed E-state index contributed by atoms with van der Waals surface area (Å²) in [5.74, 6) is -0.598. The fourth-order valence-corrected chi connectivity index (χ4v) is 8.34. The number of aliphatic hydroxyl groups excluding tert-OH is 1. The molecule has 2 fully saturated rings. The molecule has 0 saturated carbocycles. The van der Waals surface area contributed by atoms with Crippen LogP contribution in [0.15, 0.2) is 187 Å². The molecular formula is C56H59N3O12. The molecule has 2 saturated heterocycles. The maximum Gasteiger partial charge on any atom is 0.338 e. The lowest BCUT2D eigenvalue weighted by Gasteiger charge is -2.49. The van der Waals surface area contributed by atoms with Gasteiger partial charge < -0.3 is 52.5 Å². The van der Waals surface area contributed by atoms with Crippen molar-refractivity contribution in [2.45, 2.75) is 94.4 Å². The Morgan fingerprint density at radius 3 is 1.41 bits per heavy atom. The van der Waals surface area contributed by atoms with Crippen LogP contribution in [-0.2, 0) is 80.4 Å². The van der Waals surface area contributed by atoms with Crippen LogP contribution in [0.3, 0.4) is 0 Å². The molecule has 6 aromatic rings. The number of hydrogen-bond acceptors (Lipinski definition) is 13. The van der Waals surface area contributed by atoms with Crippen molar-refractivity contribution < 1.29 is 57.3 Å². The van der Waals surface area contributed by atoms with Crippen molar-refractivity contribution in [3.8, 4) is 0 Å². The number of azide groups is 1. The summed E-state index contributed by atoms with van der Waals surface area (Å²) < 4.78 is 66.6. The Morgan fingerprint density at radius 1 is 0.493 bits per heavy atom. The van der Waals surface area contributed by atoms with Crippen molar-refractivity contribution in [1.82, 2.24) is 0 Å². The highest BCUT2D eigenvalue weighted by Gasteiger charge is 2.54. The van der Waals surface area contributed by atoms with E-state index in [1.807, 2.05) is 152 Å². The van der Waals surface area contributed by atoms with E-state index in [2.05, 4.69) is 10.0 Å². The Morgan fingerprint density at radius 2 is 0.915 bits per heavy atom. The quantitative estimate of drug-likeness (QED) is 0.0190. The number of rotatable bonds is 25. The molecule has 10 atom stereocenters. The molecule has 0 spiro atoms. The smallest absolute Gasteiger partial charge is 0.338 e. The number of benzene rings is 6. The number of nitrogens with zero attached hydrogens (tertiary/aromatic N) is 3. The fourth-order valence-electron chi connectivity index (χ4n) is 8.34. The summed E-state index contributed by atoms with van der Waals surface area (Å²) in [5.41, 5.74) is 13.9. The lowest BCUT2D eigenvalue weighted by Crippen LogP contribution is -2.66. The molecule has 71 heavy (non-hydrogen) atoms. The van der Waals surface area contributed by atoms with Gasteiger partial charge in [-0.2, -0.15) is 0 Å². The van der Waals surface area contributed by atoms with Gasteiger partial charge in [-0.3, -0.25) is 0 Å². The van der Waals surface area contributed by atoms with E-state index in [4.69, 9.17) is 52.9 Å². The van der Waals surface area contributed by atoms with Gasteiger partial charge in [-0.25, -0.2) is 4.79 Å². The Labute approximate surface area is 413 Å². The molecule has 0 unspecified atom stereocenters. The van der Waals surface area contributed by atoms with E-state index in [-0.39, 0.29) is 59.4 Å². The van der Waals surface area contributed by atoms with Gasteiger partial charge in [0.05, 0.1) is 51.8 Å². The number of aliphatic hydroxyl groups is 1. The van der Waals surface area contributed by atoms with Crippen LogP contribution < -0.4 is 0 Å². The average molecular weight is 966 g/mol. The van der Waals surface area contributed by atoms with Gasteiger partial charge in [0, 0.05) is 11.5 Å². The second-order valence-corrected chi connectivity index (χ2v) is 17.0. The summed E-state index contributed by atoms with van der Waals surface area (Å²) in [6, 6.07) is 56.9. The highest BCUT2D eigenvalue weighted by Crippen LogP contribution is 2.36. The van der Waals surface area contributed by atoms with Crippen LogP contribution in [0.4, 0.5) is 0 Å². The minimum Gasteiger partial charge on any atom is -0.459 e. The Balaban J connectivity index is 1.18. The monoisotopic (exact) mass is 965 g/mol. The summed E-state index contributed by atoms with van der Waals surface area (Å²) in [4.78, 5) is 16.3. The molecule has 0 amide bonds. The van der Waals surface area contributed by atoms with Crippen molar-refractivity contribution in [3.63, 3.8) is 0 Å². The van der Waals surface area contributed by atoms with E-state index in [1.54, 1.807) is 30.3 Å². The Kier molecular flexibility index (Phi) is 19.7. The molecule has 6 aromatic carbocycles. The zero-order valence-corrected chi connectivity index (χ0v) is 39.2. The van der Waals surface area contributed by atoms with Crippen molar-refractivity contribution >= 4 is 5.97 Å². The number of hydrogen-bond donors (Lipinski definition) is 1. The maximum atomic E-state index is 13.4. The molecule has 8 rings (SSSR count). The van der Waals surface area contributed by atoms with Gasteiger partial charge in [0.15, 0.2) is 12.6 Å². The average Bonchev–Trinajstić information content (AvgIpc) is 3.42. The second-order valence-electron chi connectivity index (χ2n) is 17.0. The number of carbonyl (C=O) groups excluding carboxylic acids is 1. The topological polar surface area (TPSA) is 178 Å². The molecule has 1 N–H and O–H groups in total. The molecular weight excluding hydrogens is 907 g/mol. The maximum absolute atomic E-state index is 13.4. The fraction of sp³-hybridized carbons (Fsp3) is 0.339. The van der Waals surface area contributed by atoms with E-state index in [0.717, 1.165) is 27.8 Å². The summed E-state index contributed by atoms with van der Waals surface area (Å²) in [7, 11) is 0. The molecule has 15 nitrogen and oxygen atoms in total. The van der Waals surface area contributed by atoms with Crippen LogP contribution in [0.25, 0.3) is 10.4 Å². The molecule has 0 radical (unpaired) electrons. The van der Waals surface area contributed by atoms with Gasteiger partial charge in [0.2, 0.25) is 0 Å². The molecule has 2 aliphatic heterocycles. The lowest BCUT2D eigenvalue weighted by atomic mass is 9.96. The first-order chi connectivity index (χ1) is 35.0. The number of esters is 1. The molecule has 370 valence electrons. The Bertz CT molecular complexity index is 2490. The van der Waals surface area contributed by atoms with E-state index >= 15 is 0 Å². The van der Waals surface area contributed by atoms with Crippen LogP contribution in [0.2, 0.25) is 0 Å². The zero-order valence-electron chi connectivity index (χ0n) is 39.2. The minimum atomic E-state index is -1.36. The van der Waals surface area contributed by atoms with E-state index in [9.17, 15) is 9.90 Å². The van der Waals surface area contributed by atoms with Crippen molar-refractivity contribution in [1.29, 1.82) is 0 Å². The number of carbonyl (C=O) groups is 1. The van der Waals surface area contributed by atoms with E-state index in [1.165, 1.54) is 0 Å². The van der Waals surface area contributed by atoms with Crippen LogP contribution in [-0.4, -0.2) is 98.9 Å². The van der Waals surface area contributed by atoms with Gasteiger partial charge in [-0.15, -0.1) is 0 Å². The third kappa shape index (κ3) is 15.1. The van der Waals surface area contributed by atoms with Crippen molar-refractivity contribution in [2.75, 3.05) is 26.4 Å². The minimum absolute atomic E-state index is 0.0106. The van der Waals surface area contributed by atoms with Crippen LogP contribution >= 0.6 is 0 Å². The normalized spacial score (nSPS) is 24.1. The first kappa shape index (κ1) is 51.1. The molecule has 2 aliphatic rings. The lowest BCUT2D eigenvalue weighted by molar-refractivity contribution is -0.374. The summed E-state index contributed by atoms with van der Waals surface area (Å²) >= 11 is 0. The third-order valence-electron chi connectivity index (χ3n) is 12.0. The molecule has 0 aliphatic carbocycles. The first-order valence-electron chi connectivity index (χ1n) is 23.7. The second kappa shape index (κ2) is 27.3. The molecule has 0 aromatic heterocycles. The van der Waals surface area contributed by atoms with Crippen LogP contribution in [0, 0.1) is 0 Å². The van der Waals surface area contributed by atoms with Gasteiger partial charge in [0.1, 0.15) is 55.4 Å². The molecule has 0 bridgehead atoms. The standard InChI is InChI=1S/C56H59N3O12/c57-59-58-31-32-63-55-53(67-37-44-27-15-5-16-28-44)51(65-35-42-23-11-3-12-24-42)49(47(70-55)38-62-33-40-19-7-1-8-20-40)71-56-52(66-36-43-25-13-4-14-26-43)50(64-34-41-21-9-2-10-22-41)48(60)46(69-56)39-68-54(61)45-29-17-6-18-30-45/h1-30,46-53,55-56,60H,31-39H2/t46-,47-,48+,49-,50+,51+,52-,53-,55-,56+/m1/s1. The molecule has 15 heteroatoms. The van der Waals surface area contributed by atoms with Crippen LogP contribution in [0.1, 0.15) is 38.2 Å². The largest absolute Gasteiger partial charge is 0.459 e. The SMILES string of the molecule is [N-]=[N+]=NCCO[C@@H]1O[C@H](COCc2ccccc2)[C@@H](O[C@@H]2O[C@H](COC(=O)c3ccccc3)[C@H](O)[C@H](OCc3ccccc3)[C@H]2OCc2ccccc2)[C@H](OCc2ccccc2)[C@H]1OCc1ccccc1. The predicted octanol–water partition coefficient (Wildman–Crippen LogP) is 8.92. The van der Waals surface area contributed by atoms with E-state index in [0.29, 0.717) is 5.56 Å². The zero-order chi connectivity index (χ0) is 48.9. The summed E-state index contributed by atoms with van der Waals surface area (Å²) in [5, 5.41) is 16.0. The molecule has 2 heterocycles. The number of ether oxygens (including phenoxy) is 10. The van der Waals surface area contributed by atoms with Gasteiger partial charge in [0.25, 0.3) is 0 Å². The van der Waals surface area contributed by atoms with Crippen molar-refractivity contribution in [2.24, 2.45) is 5.11 Å². The summed E-state index contributed by atoms with van der Waals surface area (Å²) in [6.07, 6.45) is -10.9. The first-order valence-corrected chi connectivity index (χ1v) is 23.7. The van der Waals surface area contributed by atoms with Crippen LogP contribution in [0.5, 0.6) is 0 Å². The summed E-state index contributed by atoms with van der Waals surface area (Å²) in [6.45, 7) is 0.421. The predicted molar refractivity (Wildman–Crippen MR) is 261 cm³/mol. The Hall–Kier alpha value is -6.30.